The van der Waals surface area contributed by atoms with E-state index in [4.69, 9.17) is 17.3 Å². The summed E-state index contributed by atoms with van der Waals surface area (Å²) >= 11 is 7.52. The van der Waals surface area contributed by atoms with Crippen LogP contribution < -0.4 is 11.1 Å². The summed E-state index contributed by atoms with van der Waals surface area (Å²) < 4.78 is 0. The van der Waals surface area contributed by atoms with E-state index < -0.39 is 0 Å². The Balaban J connectivity index is 0.00000210. The van der Waals surface area contributed by atoms with Gasteiger partial charge in [-0.25, -0.2) is 9.98 Å². The molecular formula is C19H17BrClN5S. The van der Waals surface area contributed by atoms with Crippen molar-refractivity contribution in [1.82, 2.24) is 9.97 Å². The van der Waals surface area contributed by atoms with Crippen LogP contribution in [0.3, 0.4) is 0 Å². The third-order valence-electron chi connectivity index (χ3n) is 3.87. The fourth-order valence-electron chi connectivity index (χ4n) is 2.61. The number of aromatic nitrogens is 2. The van der Waals surface area contributed by atoms with E-state index in [9.17, 15) is 0 Å². The minimum atomic E-state index is 0. The SMILES string of the molecule is Br.NC(=NCc1ccccc1)Nc1nc(-c2cc3cc(Cl)ccc3[nH]2)cs1. The second-order valence-corrected chi connectivity index (χ2v) is 7.06. The molecule has 0 saturated heterocycles. The molecule has 0 unspecified atom stereocenters. The molecule has 0 amide bonds. The number of aromatic amines is 1. The zero-order valence-corrected chi connectivity index (χ0v) is 17.4. The number of halogens is 2. The summed E-state index contributed by atoms with van der Waals surface area (Å²) in [4.78, 5) is 12.3. The first-order valence-electron chi connectivity index (χ1n) is 8.02. The highest BCUT2D eigenvalue weighted by Gasteiger charge is 2.09. The van der Waals surface area contributed by atoms with Gasteiger partial charge in [-0.05, 0) is 29.8 Å². The van der Waals surface area contributed by atoms with Gasteiger partial charge in [0.2, 0.25) is 0 Å². The van der Waals surface area contributed by atoms with Gasteiger partial charge in [0.05, 0.1) is 17.9 Å². The van der Waals surface area contributed by atoms with E-state index >= 15 is 0 Å². The third-order valence-corrected chi connectivity index (χ3v) is 4.87. The Morgan fingerprint density at radius 3 is 2.81 bits per heavy atom. The standard InChI is InChI=1S/C19H16ClN5S.BrH/c20-14-6-7-15-13(8-14)9-16(23-15)17-11-26-19(24-17)25-18(21)22-10-12-4-2-1-3-5-12;/h1-9,11,23H,10H2,(H3,21,22,24,25);1H. The van der Waals surface area contributed by atoms with Gasteiger partial charge in [-0.2, -0.15) is 0 Å². The Morgan fingerprint density at radius 2 is 2.00 bits per heavy atom. The predicted octanol–water partition coefficient (Wildman–Crippen LogP) is 5.45. The molecule has 4 aromatic rings. The molecule has 0 aliphatic carbocycles. The van der Waals surface area contributed by atoms with E-state index in [0.717, 1.165) is 27.9 Å². The predicted molar refractivity (Wildman–Crippen MR) is 120 cm³/mol. The van der Waals surface area contributed by atoms with E-state index in [-0.39, 0.29) is 17.0 Å². The van der Waals surface area contributed by atoms with Crippen molar-refractivity contribution in [2.75, 3.05) is 5.32 Å². The molecule has 27 heavy (non-hydrogen) atoms. The van der Waals surface area contributed by atoms with Crippen molar-refractivity contribution in [1.29, 1.82) is 0 Å². The lowest BCUT2D eigenvalue weighted by Gasteiger charge is -2.01. The minimum absolute atomic E-state index is 0. The van der Waals surface area contributed by atoms with E-state index in [1.165, 1.54) is 11.3 Å². The van der Waals surface area contributed by atoms with Crippen LogP contribution in [0.5, 0.6) is 0 Å². The molecule has 5 nitrogen and oxygen atoms in total. The first-order chi connectivity index (χ1) is 12.7. The molecule has 2 aromatic carbocycles. The number of nitrogens with two attached hydrogens (primary N) is 1. The van der Waals surface area contributed by atoms with Crippen molar-refractivity contribution in [2.24, 2.45) is 10.7 Å². The van der Waals surface area contributed by atoms with Crippen molar-refractivity contribution >= 4 is 61.9 Å². The number of fused-ring (bicyclic) bond motifs is 1. The number of nitrogens with one attached hydrogen (secondary N) is 2. The highest BCUT2D eigenvalue weighted by atomic mass is 79.9. The highest BCUT2D eigenvalue weighted by Crippen LogP contribution is 2.28. The summed E-state index contributed by atoms with van der Waals surface area (Å²) in [6.07, 6.45) is 0. The maximum Gasteiger partial charge on any atom is 0.195 e. The average Bonchev–Trinajstić information content (AvgIpc) is 3.27. The number of nitrogens with zero attached hydrogens (tertiary/aromatic N) is 2. The highest BCUT2D eigenvalue weighted by molar-refractivity contribution is 8.93. The van der Waals surface area contributed by atoms with Crippen molar-refractivity contribution in [3.05, 3.63) is 70.6 Å². The smallest absolute Gasteiger partial charge is 0.195 e. The van der Waals surface area contributed by atoms with Crippen LogP contribution in [0.1, 0.15) is 5.56 Å². The van der Waals surface area contributed by atoms with E-state index in [1.54, 1.807) is 0 Å². The normalized spacial score (nSPS) is 11.4. The van der Waals surface area contributed by atoms with Gasteiger partial charge >= 0.3 is 0 Å². The molecule has 0 bridgehead atoms. The van der Waals surface area contributed by atoms with Gasteiger partial charge in [-0.3, -0.25) is 0 Å². The second kappa shape index (κ2) is 8.56. The molecule has 2 aromatic heterocycles. The van der Waals surface area contributed by atoms with Crippen molar-refractivity contribution in [3.63, 3.8) is 0 Å². The summed E-state index contributed by atoms with van der Waals surface area (Å²) in [6, 6.07) is 17.8. The molecule has 0 atom stereocenters. The lowest BCUT2D eigenvalue weighted by Crippen LogP contribution is -2.22. The van der Waals surface area contributed by atoms with Crippen LogP contribution in [0.25, 0.3) is 22.3 Å². The second-order valence-electron chi connectivity index (χ2n) is 5.76. The van der Waals surface area contributed by atoms with Crippen LogP contribution in [0.4, 0.5) is 5.13 Å². The molecule has 0 aliphatic heterocycles. The zero-order chi connectivity index (χ0) is 17.9. The van der Waals surface area contributed by atoms with Crippen molar-refractivity contribution in [2.45, 2.75) is 6.54 Å². The summed E-state index contributed by atoms with van der Waals surface area (Å²) in [5, 5.41) is 7.49. The average molecular weight is 463 g/mol. The van der Waals surface area contributed by atoms with Gasteiger partial charge in [-0.1, -0.05) is 41.9 Å². The van der Waals surface area contributed by atoms with Gasteiger partial charge < -0.3 is 16.0 Å². The number of aliphatic imine (C=N–C) groups is 1. The van der Waals surface area contributed by atoms with Crippen LogP contribution in [0.15, 0.2) is 65.0 Å². The van der Waals surface area contributed by atoms with Crippen LogP contribution in [-0.2, 0) is 6.54 Å². The molecule has 2 heterocycles. The van der Waals surface area contributed by atoms with E-state index in [2.05, 4.69) is 20.3 Å². The van der Waals surface area contributed by atoms with E-state index in [1.807, 2.05) is 60.0 Å². The molecule has 4 rings (SSSR count). The number of rotatable bonds is 4. The van der Waals surface area contributed by atoms with Crippen LogP contribution >= 0.6 is 39.9 Å². The number of hydrogen-bond donors (Lipinski definition) is 3. The lowest BCUT2D eigenvalue weighted by atomic mass is 10.2. The van der Waals surface area contributed by atoms with Crippen molar-refractivity contribution in [3.8, 4) is 11.4 Å². The Bertz CT molecular complexity index is 1070. The fraction of sp³-hybridized carbons (Fsp3) is 0.0526. The summed E-state index contributed by atoms with van der Waals surface area (Å²) in [5.41, 5.74) is 9.88. The summed E-state index contributed by atoms with van der Waals surface area (Å²) in [7, 11) is 0. The number of anilines is 1. The third kappa shape index (κ3) is 4.68. The summed E-state index contributed by atoms with van der Waals surface area (Å²) in [5.74, 6) is 0.346. The monoisotopic (exact) mass is 461 g/mol. The molecule has 0 spiro atoms. The maximum absolute atomic E-state index is 6.04. The molecule has 138 valence electrons. The maximum atomic E-state index is 6.04. The fourth-order valence-corrected chi connectivity index (χ4v) is 3.50. The largest absolute Gasteiger partial charge is 0.370 e. The van der Waals surface area contributed by atoms with Crippen LogP contribution in [-0.4, -0.2) is 15.9 Å². The van der Waals surface area contributed by atoms with Gasteiger partial charge in [-0.15, -0.1) is 28.3 Å². The number of guanidine groups is 1. The Labute approximate surface area is 176 Å². The first-order valence-corrected chi connectivity index (χ1v) is 9.28. The molecule has 0 saturated carbocycles. The number of thiazole rings is 1. The lowest BCUT2D eigenvalue weighted by molar-refractivity contribution is 1.06. The molecule has 4 N–H and O–H groups in total. The number of benzene rings is 2. The first kappa shape index (κ1) is 19.4. The topological polar surface area (TPSA) is 79.1 Å². The Morgan fingerprint density at radius 1 is 1.19 bits per heavy atom. The zero-order valence-electron chi connectivity index (χ0n) is 14.1. The van der Waals surface area contributed by atoms with Crippen molar-refractivity contribution < 1.29 is 0 Å². The Hall–Kier alpha value is -2.35. The number of hydrogen-bond acceptors (Lipinski definition) is 3. The van der Waals surface area contributed by atoms with E-state index in [0.29, 0.717) is 22.7 Å². The molecule has 0 radical (unpaired) electrons. The Kier molecular flexibility index (Phi) is 6.15. The molecule has 8 heteroatoms. The van der Waals surface area contributed by atoms with Crippen LogP contribution in [0.2, 0.25) is 5.02 Å². The van der Waals surface area contributed by atoms with Gasteiger partial charge in [0, 0.05) is 21.3 Å². The summed E-state index contributed by atoms with van der Waals surface area (Å²) in [6.45, 7) is 0.528. The van der Waals surface area contributed by atoms with Gasteiger partial charge in [0.15, 0.2) is 11.1 Å². The quantitative estimate of drug-likeness (QED) is 0.279. The molecule has 0 fully saturated rings. The van der Waals surface area contributed by atoms with Crippen LogP contribution in [0, 0.1) is 0 Å². The minimum Gasteiger partial charge on any atom is -0.370 e. The van der Waals surface area contributed by atoms with Gasteiger partial charge in [0.1, 0.15) is 0 Å². The number of H-pyrrole nitrogens is 1. The molecular weight excluding hydrogens is 446 g/mol. The van der Waals surface area contributed by atoms with Gasteiger partial charge in [0.25, 0.3) is 0 Å². The molecule has 0 aliphatic rings.